The lowest BCUT2D eigenvalue weighted by atomic mass is 10.2. The van der Waals surface area contributed by atoms with E-state index in [2.05, 4.69) is 46.2 Å². The molecule has 2 aromatic rings. The number of rotatable bonds is 3. The predicted molar refractivity (Wildman–Crippen MR) is 74.3 cm³/mol. The lowest BCUT2D eigenvalue weighted by Crippen LogP contribution is -2.10. The molecule has 1 unspecified atom stereocenters. The number of aromatic nitrogens is 1. The van der Waals surface area contributed by atoms with Gasteiger partial charge in [0.25, 0.3) is 0 Å². The summed E-state index contributed by atoms with van der Waals surface area (Å²) in [5.74, 6) is 0.465. The zero-order valence-corrected chi connectivity index (χ0v) is 12.3. The van der Waals surface area contributed by atoms with Crippen LogP contribution in [0.4, 0.5) is 0 Å². The van der Waals surface area contributed by atoms with Crippen LogP contribution >= 0.6 is 38.6 Å². The molecule has 0 fully saturated rings. The zero-order chi connectivity index (χ0) is 11.7. The van der Waals surface area contributed by atoms with Gasteiger partial charge in [0.1, 0.15) is 5.01 Å². The van der Waals surface area contributed by atoms with E-state index in [4.69, 9.17) is 5.73 Å². The van der Waals surface area contributed by atoms with E-state index in [-0.39, 0.29) is 6.04 Å². The van der Waals surface area contributed by atoms with Gasteiger partial charge in [-0.15, -0.1) is 22.7 Å². The monoisotopic (exact) mass is 316 g/mol. The molecule has 0 bridgehead atoms. The smallest absolute Gasteiger partial charge is 0.115 e. The van der Waals surface area contributed by atoms with Crippen molar-refractivity contribution in [2.24, 2.45) is 5.73 Å². The zero-order valence-electron chi connectivity index (χ0n) is 9.11. The van der Waals surface area contributed by atoms with Gasteiger partial charge in [0.15, 0.2) is 0 Å². The van der Waals surface area contributed by atoms with Crippen LogP contribution in [0, 0.1) is 0 Å². The summed E-state index contributed by atoms with van der Waals surface area (Å²) in [6.45, 7) is 4.29. The molecular weight excluding hydrogens is 304 g/mol. The summed E-state index contributed by atoms with van der Waals surface area (Å²) in [4.78, 5) is 5.73. The van der Waals surface area contributed by atoms with Gasteiger partial charge in [-0.2, -0.15) is 0 Å². The van der Waals surface area contributed by atoms with Gasteiger partial charge in [0.2, 0.25) is 0 Å². The molecule has 0 saturated carbocycles. The Morgan fingerprint density at radius 1 is 1.31 bits per heavy atom. The highest BCUT2D eigenvalue weighted by Gasteiger charge is 2.16. The van der Waals surface area contributed by atoms with Crippen molar-refractivity contribution in [3.8, 4) is 0 Å². The Hall–Kier alpha value is -0.230. The van der Waals surface area contributed by atoms with Crippen molar-refractivity contribution in [3.63, 3.8) is 0 Å². The second kappa shape index (κ2) is 4.96. The maximum absolute atomic E-state index is 6.18. The second-order valence-corrected chi connectivity index (χ2v) is 6.66. The molecule has 0 saturated heterocycles. The third-order valence-electron chi connectivity index (χ3n) is 2.29. The lowest BCUT2D eigenvalue weighted by Gasteiger charge is -2.05. The van der Waals surface area contributed by atoms with E-state index in [0.717, 1.165) is 20.1 Å². The van der Waals surface area contributed by atoms with Crippen LogP contribution in [0.3, 0.4) is 0 Å². The highest BCUT2D eigenvalue weighted by Crippen LogP contribution is 2.30. The highest BCUT2D eigenvalue weighted by atomic mass is 79.9. The van der Waals surface area contributed by atoms with Gasteiger partial charge < -0.3 is 5.73 Å². The Labute approximate surface area is 112 Å². The van der Waals surface area contributed by atoms with Gasteiger partial charge in [-0.1, -0.05) is 13.8 Å². The summed E-state index contributed by atoms with van der Waals surface area (Å²) in [6, 6.07) is 1.97. The van der Waals surface area contributed by atoms with Crippen molar-refractivity contribution < 1.29 is 0 Å². The Morgan fingerprint density at radius 2 is 2.06 bits per heavy atom. The summed E-state index contributed by atoms with van der Waals surface area (Å²) < 4.78 is 1.09. The van der Waals surface area contributed by atoms with E-state index in [1.807, 2.05) is 5.38 Å². The van der Waals surface area contributed by atoms with Gasteiger partial charge in [-0.05, 0) is 27.9 Å². The molecule has 2 aromatic heterocycles. The molecule has 0 aliphatic heterocycles. The van der Waals surface area contributed by atoms with Crippen LogP contribution in [-0.4, -0.2) is 4.98 Å². The molecule has 0 aliphatic rings. The number of nitrogens with zero attached hydrogens (tertiary/aromatic N) is 1. The van der Waals surface area contributed by atoms with Gasteiger partial charge in [-0.3, -0.25) is 0 Å². The van der Waals surface area contributed by atoms with E-state index >= 15 is 0 Å². The van der Waals surface area contributed by atoms with E-state index in [1.54, 1.807) is 22.7 Å². The van der Waals surface area contributed by atoms with Crippen LogP contribution in [0.2, 0.25) is 0 Å². The molecule has 2 N–H and O–H groups in total. The van der Waals surface area contributed by atoms with Crippen LogP contribution in [0.15, 0.2) is 21.3 Å². The molecule has 2 heterocycles. The van der Waals surface area contributed by atoms with Crippen molar-refractivity contribution in [2.45, 2.75) is 25.8 Å². The fraction of sp³-hybridized carbons (Fsp3) is 0.364. The third kappa shape index (κ3) is 2.53. The minimum absolute atomic E-state index is 0.0891. The number of hydrogen-bond acceptors (Lipinski definition) is 4. The van der Waals surface area contributed by atoms with Gasteiger partial charge >= 0.3 is 0 Å². The maximum Gasteiger partial charge on any atom is 0.115 e. The van der Waals surface area contributed by atoms with Gasteiger partial charge in [0, 0.05) is 20.1 Å². The fourth-order valence-corrected chi connectivity index (χ4v) is 3.84. The van der Waals surface area contributed by atoms with Crippen LogP contribution in [0.5, 0.6) is 0 Å². The topological polar surface area (TPSA) is 38.9 Å². The van der Waals surface area contributed by atoms with Crippen LogP contribution in [0.1, 0.15) is 41.4 Å². The van der Waals surface area contributed by atoms with Crippen LogP contribution in [0.25, 0.3) is 0 Å². The van der Waals surface area contributed by atoms with E-state index in [1.165, 1.54) is 0 Å². The van der Waals surface area contributed by atoms with Gasteiger partial charge in [-0.25, -0.2) is 4.98 Å². The number of hydrogen-bond donors (Lipinski definition) is 1. The first-order valence-corrected chi connectivity index (χ1v) is 7.58. The summed E-state index contributed by atoms with van der Waals surface area (Å²) in [5.41, 5.74) is 7.31. The van der Waals surface area contributed by atoms with E-state index < -0.39 is 0 Å². The van der Waals surface area contributed by atoms with Crippen molar-refractivity contribution in [1.29, 1.82) is 0 Å². The summed E-state index contributed by atoms with van der Waals surface area (Å²) in [5, 5.41) is 5.15. The van der Waals surface area contributed by atoms with Crippen molar-refractivity contribution in [1.82, 2.24) is 4.98 Å². The number of halogens is 1. The largest absolute Gasteiger partial charge is 0.318 e. The molecule has 1 atom stereocenters. The molecular formula is C11H13BrN2S2. The Balaban J connectivity index is 2.23. The molecule has 2 nitrogen and oxygen atoms in total. The summed E-state index contributed by atoms with van der Waals surface area (Å²) in [6.07, 6.45) is 0. The first-order valence-electron chi connectivity index (χ1n) is 5.02. The fourth-order valence-electron chi connectivity index (χ4n) is 1.32. The predicted octanol–water partition coefficient (Wildman–Crippen LogP) is 4.14. The first-order chi connectivity index (χ1) is 7.58. The van der Waals surface area contributed by atoms with Crippen LogP contribution in [-0.2, 0) is 0 Å². The van der Waals surface area contributed by atoms with Crippen molar-refractivity contribution >= 4 is 38.6 Å². The minimum atomic E-state index is -0.0891. The number of thiophene rings is 1. The molecule has 0 amide bonds. The Bertz CT molecular complexity index is 476. The first kappa shape index (κ1) is 12.2. The van der Waals surface area contributed by atoms with E-state index in [0.29, 0.717) is 5.92 Å². The summed E-state index contributed by atoms with van der Waals surface area (Å²) >= 11 is 6.75. The molecule has 2 rings (SSSR count). The quantitative estimate of drug-likeness (QED) is 0.924. The standard InChI is InChI=1S/C11H13BrN2S2/c1-6(2)8-5-16-11(14-8)10(13)9-3-7(12)4-15-9/h3-6,10H,13H2,1-2H3. The second-order valence-electron chi connectivity index (χ2n) is 3.91. The Morgan fingerprint density at radius 3 is 2.56 bits per heavy atom. The van der Waals surface area contributed by atoms with E-state index in [9.17, 15) is 0 Å². The molecule has 16 heavy (non-hydrogen) atoms. The van der Waals surface area contributed by atoms with Crippen LogP contribution < -0.4 is 5.73 Å². The SMILES string of the molecule is CC(C)c1csc(C(N)c2cc(Br)cs2)n1. The highest BCUT2D eigenvalue weighted by molar-refractivity contribution is 9.10. The van der Waals surface area contributed by atoms with Gasteiger partial charge in [0.05, 0.1) is 11.7 Å². The molecule has 0 spiro atoms. The lowest BCUT2D eigenvalue weighted by molar-refractivity contribution is 0.801. The minimum Gasteiger partial charge on any atom is -0.318 e. The average Bonchev–Trinajstić information content (AvgIpc) is 2.84. The molecule has 0 radical (unpaired) electrons. The number of thiazole rings is 1. The maximum atomic E-state index is 6.18. The average molecular weight is 317 g/mol. The normalized spacial score (nSPS) is 13.3. The van der Waals surface area contributed by atoms with Crippen molar-refractivity contribution in [3.05, 3.63) is 36.9 Å². The Kier molecular flexibility index (Phi) is 3.79. The van der Waals surface area contributed by atoms with Crippen molar-refractivity contribution in [2.75, 3.05) is 0 Å². The molecule has 0 aromatic carbocycles. The molecule has 86 valence electrons. The summed E-state index contributed by atoms with van der Waals surface area (Å²) in [7, 11) is 0. The molecule has 0 aliphatic carbocycles. The third-order valence-corrected chi connectivity index (χ3v) is 5.01. The molecule has 5 heteroatoms. The number of nitrogens with two attached hydrogens (primary N) is 1.